The molecular formula is C22H24N8O2. The summed E-state index contributed by atoms with van der Waals surface area (Å²) < 4.78 is 6.80. The van der Waals surface area contributed by atoms with Gasteiger partial charge in [0, 0.05) is 37.0 Å². The Balaban J connectivity index is 1.22. The lowest BCUT2D eigenvalue weighted by molar-refractivity contribution is -0.121. The van der Waals surface area contributed by atoms with Gasteiger partial charge in [-0.1, -0.05) is 11.2 Å². The number of hydrogen-bond donors (Lipinski definition) is 1. The average Bonchev–Trinajstić information content (AvgIpc) is 3.41. The van der Waals surface area contributed by atoms with Gasteiger partial charge in [-0.25, -0.2) is 0 Å². The number of carbonyl (C=O) groups excluding carboxylic acids is 1. The fraction of sp³-hybridized carbons (Fsp3) is 0.364. The number of benzene rings is 1. The highest BCUT2D eigenvalue weighted by Crippen LogP contribution is 2.25. The number of fused-ring (bicyclic) bond motifs is 1. The summed E-state index contributed by atoms with van der Waals surface area (Å²) in [5.41, 5.74) is 2.85. The summed E-state index contributed by atoms with van der Waals surface area (Å²) in [6.07, 6.45) is 5.33. The van der Waals surface area contributed by atoms with Gasteiger partial charge in [-0.05, 0) is 49.7 Å². The molecule has 1 saturated heterocycles. The second-order valence-electron chi connectivity index (χ2n) is 8.18. The largest absolute Gasteiger partial charge is 0.340 e. The van der Waals surface area contributed by atoms with Gasteiger partial charge in [0.1, 0.15) is 0 Å². The summed E-state index contributed by atoms with van der Waals surface area (Å²) in [4.78, 5) is 19.3. The quantitative estimate of drug-likeness (QED) is 0.512. The fourth-order valence-electron chi connectivity index (χ4n) is 4.04. The highest BCUT2D eigenvalue weighted by atomic mass is 16.5. The highest BCUT2D eigenvalue weighted by molar-refractivity contribution is 5.94. The Labute approximate surface area is 184 Å². The van der Waals surface area contributed by atoms with Crippen LogP contribution in [0.2, 0.25) is 0 Å². The molecule has 1 aromatic carbocycles. The number of aromatic nitrogens is 6. The van der Waals surface area contributed by atoms with Gasteiger partial charge in [0.25, 0.3) is 0 Å². The minimum Gasteiger partial charge on any atom is -0.340 e. The number of hydrogen-bond acceptors (Lipinski definition) is 8. The second kappa shape index (κ2) is 8.46. The predicted molar refractivity (Wildman–Crippen MR) is 117 cm³/mol. The maximum absolute atomic E-state index is 12.8. The lowest BCUT2D eigenvalue weighted by atomic mass is 9.96. The number of piperidine rings is 1. The van der Waals surface area contributed by atoms with E-state index in [9.17, 15) is 4.79 Å². The van der Waals surface area contributed by atoms with E-state index in [4.69, 9.17) is 4.52 Å². The Bertz CT molecular complexity index is 1260. The van der Waals surface area contributed by atoms with E-state index in [0.717, 1.165) is 48.0 Å². The first-order valence-corrected chi connectivity index (χ1v) is 10.6. The smallest absolute Gasteiger partial charge is 0.228 e. The third-order valence-electron chi connectivity index (χ3n) is 5.77. The van der Waals surface area contributed by atoms with Crippen LogP contribution in [0.1, 0.15) is 24.6 Å². The zero-order valence-corrected chi connectivity index (χ0v) is 18.0. The number of amides is 1. The number of aryl methyl sites for hydroxylation is 2. The monoisotopic (exact) mass is 432 g/mol. The third kappa shape index (κ3) is 4.35. The van der Waals surface area contributed by atoms with Gasteiger partial charge in [-0.15, -0.1) is 10.2 Å². The van der Waals surface area contributed by atoms with E-state index in [-0.39, 0.29) is 11.8 Å². The van der Waals surface area contributed by atoms with E-state index in [1.807, 2.05) is 43.7 Å². The van der Waals surface area contributed by atoms with Crippen molar-refractivity contribution in [2.45, 2.75) is 26.3 Å². The van der Waals surface area contributed by atoms with E-state index in [0.29, 0.717) is 24.1 Å². The standard InChI is InChI=1S/C22H24N8O2/c1-14-24-21(28-32-14)13-30-7-5-15(6-8-30)22(31)25-20-10-17-9-16(3-4-19(17)26-27-20)18-11-23-29(2)12-18/h3-4,9-12,15H,5-8,13H2,1-2H3,(H,25,27,31). The SMILES string of the molecule is Cc1nc(CN2CCC(C(=O)Nc3cc4cc(-c5cnn(C)c5)ccc4nn3)CC2)no1. The Morgan fingerprint density at radius 2 is 2.03 bits per heavy atom. The molecule has 0 unspecified atom stereocenters. The van der Waals surface area contributed by atoms with Crippen molar-refractivity contribution in [2.24, 2.45) is 13.0 Å². The molecule has 4 aromatic rings. The van der Waals surface area contributed by atoms with Crippen LogP contribution in [-0.4, -0.2) is 54.0 Å². The van der Waals surface area contributed by atoms with Crippen molar-refractivity contribution in [3.63, 3.8) is 0 Å². The van der Waals surface area contributed by atoms with Crippen molar-refractivity contribution in [2.75, 3.05) is 18.4 Å². The number of anilines is 1. The van der Waals surface area contributed by atoms with Gasteiger partial charge in [0.15, 0.2) is 11.6 Å². The average molecular weight is 432 g/mol. The molecule has 5 rings (SSSR count). The number of likely N-dealkylation sites (tertiary alicyclic amines) is 1. The van der Waals surface area contributed by atoms with Crippen molar-refractivity contribution < 1.29 is 9.32 Å². The van der Waals surface area contributed by atoms with Gasteiger partial charge >= 0.3 is 0 Å². The zero-order chi connectivity index (χ0) is 22.1. The molecule has 32 heavy (non-hydrogen) atoms. The summed E-state index contributed by atoms with van der Waals surface area (Å²) >= 11 is 0. The van der Waals surface area contributed by atoms with Crippen molar-refractivity contribution in [1.82, 2.24) is 35.0 Å². The van der Waals surface area contributed by atoms with E-state index >= 15 is 0 Å². The van der Waals surface area contributed by atoms with E-state index in [1.54, 1.807) is 11.6 Å². The van der Waals surface area contributed by atoms with Gasteiger partial charge in [0.2, 0.25) is 11.8 Å². The molecular weight excluding hydrogens is 408 g/mol. The van der Waals surface area contributed by atoms with Crippen LogP contribution in [0.15, 0.2) is 41.2 Å². The van der Waals surface area contributed by atoms with Gasteiger partial charge in [-0.3, -0.25) is 14.4 Å². The minimum absolute atomic E-state index is 0.0166. The molecule has 1 amide bonds. The third-order valence-corrected chi connectivity index (χ3v) is 5.77. The van der Waals surface area contributed by atoms with E-state index in [1.165, 1.54) is 0 Å². The Kier molecular flexibility index (Phi) is 5.36. The Hall–Kier alpha value is -3.66. The summed E-state index contributed by atoms with van der Waals surface area (Å²) in [6, 6.07) is 7.83. The Morgan fingerprint density at radius 3 is 2.75 bits per heavy atom. The zero-order valence-electron chi connectivity index (χ0n) is 18.0. The van der Waals surface area contributed by atoms with Crippen LogP contribution >= 0.6 is 0 Å². The van der Waals surface area contributed by atoms with Gasteiger partial charge < -0.3 is 9.84 Å². The first kappa shape index (κ1) is 20.3. The predicted octanol–water partition coefficient (Wildman–Crippen LogP) is 2.57. The molecule has 1 aliphatic heterocycles. The lowest BCUT2D eigenvalue weighted by Crippen LogP contribution is -2.38. The van der Waals surface area contributed by atoms with E-state index in [2.05, 4.69) is 35.7 Å². The first-order valence-electron chi connectivity index (χ1n) is 10.6. The van der Waals surface area contributed by atoms with E-state index < -0.39 is 0 Å². The summed E-state index contributed by atoms with van der Waals surface area (Å²) in [6.45, 7) is 4.04. The second-order valence-corrected chi connectivity index (χ2v) is 8.18. The number of carbonyl (C=O) groups is 1. The van der Waals surface area contributed by atoms with Crippen LogP contribution in [-0.2, 0) is 18.4 Å². The minimum atomic E-state index is -0.0579. The van der Waals surface area contributed by atoms with Crippen molar-refractivity contribution >= 4 is 22.6 Å². The number of nitrogens with one attached hydrogen (secondary N) is 1. The summed E-state index contributed by atoms with van der Waals surface area (Å²) in [7, 11) is 1.89. The first-order chi connectivity index (χ1) is 15.5. The van der Waals surface area contributed by atoms with Crippen LogP contribution < -0.4 is 5.32 Å². The Morgan fingerprint density at radius 1 is 1.19 bits per heavy atom. The lowest BCUT2D eigenvalue weighted by Gasteiger charge is -2.30. The molecule has 0 atom stereocenters. The molecule has 0 radical (unpaired) electrons. The maximum atomic E-state index is 12.8. The molecule has 0 bridgehead atoms. The van der Waals surface area contributed by atoms with Crippen LogP contribution in [0.5, 0.6) is 0 Å². The molecule has 10 nitrogen and oxygen atoms in total. The molecule has 164 valence electrons. The molecule has 4 heterocycles. The molecule has 1 N–H and O–H groups in total. The normalized spacial score (nSPS) is 15.3. The van der Waals surface area contributed by atoms with Crippen LogP contribution in [0, 0.1) is 12.8 Å². The van der Waals surface area contributed by atoms with Crippen molar-refractivity contribution in [3.8, 4) is 11.1 Å². The number of nitrogens with zero attached hydrogens (tertiary/aromatic N) is 7. The summed E-state index contributed by atoms with van der Waals surface area (Å²) in [5, 5.41) is 20.5. The topological polar surface area (TPSA) is 115 Å². The van der Waals surface area contributed by atoms with Gasteiger partial charge in [-0.2, -0.15) is 10.1 Å². The van der Waals surface area contributed by atoms with Crippen LogP contribution in [0.4, 0.5) is 5.82 Å². The summed E-state index contributed by atoms with van der Waals surface area (Å²) in [5.74, 6) is 1.64. The molecule has 0 spiro atoms. The fourth-order valence-corrected chi connectivity index (χ4v) is 4.04. The molecule has 0 saturated carbocycles. The van der Waals surface area contributed by atoms with Crippen LogP contribution in [0.25, 0.3) is 22.0 Å². The van der Waals surface area contributed by atoms with Crippen molar-refractivity contribution in [1.29, 1.82) is 0 Å². The molecule has 1 aliphatic rings. The maximum Gasteiger partial charge on any atom is 0.228 e. The highest BCUT2D eigenvalue weighted by Gasteiger charge is 2.26. The molecule has 0 aliphatic carbocycles. The van der Waals surface area contributed by atoms with Gasteiger partial charge in [0.05, 0.1) is 18.3 Å². The molecule has 3 aromatic heterocycles. The van der Waals surface area contributed by atoms with Crippen molar-refractivity contribution in [3.05, 3.63) is 48.4 Å². The number of rotatable bonds is 5. The molecule has 1 fully saturated rings. The van der Waals surface area contributed by atoms with Crippen LogP contribution in [0.3, 0.4) is 0 Å². The molecule has 10 heteroatoms.